The van der Waals surface area contributed by atoms with Gasteiger partial charge in [0.1, 0.15) is 0 Å². The molecule has 0 spiro atoms. The quantitative estimate of drug-likeness (QED) is 0.372. The molecule has 0 saturated carbocycles. The molecule has 1 unspecified atom stereocenters. The van der Waals surface area contributed by atoms with Gasteiger partial charge in [0, 0.05) is 17.7 Å². The summed E-state index contributed by atoms with van der Waals surface area (Å²) in [4.78, 5) is 27.4. The molecule has 32 heavy (non-hydrogen) atoms. The second-order valence-electron chi connectivity index (χ2n) is 7.42. The highest BCUT2D eigenvalue weighted by atomic mass is 31.2. The van der Waals surface area contributed by atoms with Gasteiger partial charge in [0.15, 0.2) is 0 Å². The molecule has 5 rings (SSSR count). The zero-order valence-corrected chi connectivity index (χ0v) is 18.1. The lowest BCUT2D eigenvalue weighted by atomic mass is 10.1. The molecule has 0 fully saturated rings. The molecule has 3 aromatic carbocycles. The lowest BCUT2D eigenvalue weighted by Gasteiger charge is -2.29. The molecule has 2 aliphatic rings. The number of allylic oxidation sites excluding steroid dienone is 2. The van der Waals surface area contributed by atoms with E-state index in [0.29, 0.717) is 38.6 Å². The standard InChI is InChI=1S/C26H19FNO3P/c1-31-32(27)23(18-10-4-2-5-11-18)16-20(17-24(32)19-12-6-3-7-13-19)28-25(29)21-14-8-9-15-22(21)26(28)30/h2-17H,1H3. The summed E-state index contributed by atoms with van der Waals surface area (Å²) in [6.45, 7) is 0. The van der Waals surface area contributed by atoms with Gasteiger partial charge in [-0.2, -0.15) is 4.20 Å². The Morgan fingerprint density at radius 3 is 1.75 bits per heavy atom. The van der Waals surface area contributed by atoms with Gasteiger partial charge in [-0.1, -0.05) is 72.8 Å². The van der Waals surface area contributed by atoms with Crippen LogP contribution in [0.4, 0.5) is 4.20 Å². The molecule has 0 saturated heterocycles. The van der Waals surface area contributed by atoms with E-state index in [1.807, 2.05) is 36.4 Å². The van der Waals surface area contributed by atoms with Crippen molar-refractivity contribution in [2.24, 2.45) is 0 Å². The Hall–Kier alpha value is -3.53. The SMILES string of the molecule is COP1(F)=C(c2ccccc2)C=C(N2C(=O)c3ccccc3C2=O)C=C1c1ccccc1. The fourth-order valence-electron chi connectivity index (χ4n) is 4.08. The van der Waals surface area contributed by atoms with Gasteiger partial charge in [-0.25, -0.2) is 4.90 Å². The van der Waals surface area contributed by atoms with Crippen LogP contribution < -0.4 is 0 Å². The van der Waals surface area contributed by atoms with Crippen molar-refractivity contribution in [2.75, 3.05) is 7.11 Å². The maximum Gasteiger partial charge on any atom is 0.266 e. The molecule has 1 atom stereocenters. The summed E-state index contributed by atoms with van der Waals surface area (Å²) in [5.74, 6) is -0.843. The topological polar surface area (TPSA) is 46.6 Å². The number of hydrogen-bond donors (Lipinski definition) is 0. The highest BCUT2D eigenvalue weighted by Gasteiger charge is 2.40. The summed E-state index contributed by atoms with van der Waals surface area (Å²) < 4.78 is 22.2. The van der Waals surface area contributed by atoms with Crippen molar-refractivity contribution in [1.29, 1.82) is 0 Å². The smallest absolute Gasteiger partial charge is 0.266 e. The van der Waals surface area contributed by atoms with Gasteiger partial charge in [0.05, 0.1) is 16.8 Å². The minimum absolute atomic E-state index is 0.319. The first-order valence-electron chi connectivity index (χ1n) is 10.1. The summed E-state index contributed by atoms with van der Waals surface area (Å²) in [6.07, 6.45) is 3.14. The molecule has 3 aromatic rings. The van der Waals surface area contributed by atoms with Crippen molar-refractivity contribution in [3.8, 4) is 0 Å². The number of carbonyl (C=O) groups is 2. The van der Waals surface area contributed by atoms with Crippen molar-refractivity contribution in [3.05, 3.63) is 125 Å². The zero-order chi connectivity index (χ0) is 22.3. The van der Waals surface area contributed by atoms with E-state index < -0.39 is 19.2 Å². The van der Waals surface area contributed by atoms with Crippen LogP contribution >= 0.6 is 7.42 Å². The second-order valence-corrected chi connectivity index (χ2v) is 9.82. The van der Waals surface area contributed by atoms with Crippen molar-refractivity contribution in [1.82, 2.24) is 4.90 Å². The van der Waals surface area contributed by atoms with Gasteiger partial charge >= 0.3 is 0 Å². The fraction of sp³-hybridized carbons (Fsp3) is 0.0385. The normalized spacial score (nSPS) is 20.2. The van der Waals surface area contributed by atoms with Crippen molar-refractivity contribution in [3.63, 3.8) is 0 Å². The van der Waals surface area contributed by atoms with Gasteiger partial charge < -0.3 is 4.52 Å². The minimum Gasteiger partial charge on any atom is -0.333 e. The molecule has 158 valence electrons. The van der Waals surface area contributed by atoms with Crippen LogP contribution in [0, 0.1) is 0 Å². The lowest BCUT2D eigenvalue weighted by molar-refractivity contribution is 0.0709. The van der Waals surface area contributed by atoms with E-state index in [9.17, 15) is 9.59 Å². The van der Waals surface area contributed by atoms with E-state index in [-0.39, 0.29) is 0 Å². The first kappa shape index (κ1) is 20.4. The summed E-state index contributed by atoms with van der Waals surface area (Å²) >= 11 is 0. The van der Waals surface area contributed by atoms with Crippen LogP contribution in [0.3, 0.4) is 0 Å². The molecular weight excluding hydrogens is 424 g/mol. The predicted octanol–water partition coefficient (Wildman–Crippen LogP) is 5.91. The Kier molecular flexibility index (Phi) is 5.01. The average Bonchev–Trinajstić information content (AvgIpc) is 3.10. The molecule has 0 aromatic heterocycles. The average molecular weight is 443 g/mol. The highest BCUT2D eigenvalue weighted by Crippen LogP contribution is 2.66. The first-order chi connectivity index (χ1) is 15.5. The number of hydrogen-bond acceptors (Lipinski definition) is 3. The number of amides is 2. The van der Waals surface area contributed by atoms with E-state index in [1.165, 1.54) is 7.11 Å². The summed E-state index contributed by atoms with van der Waals surface area (Å²) in [5, 5.41) is 0.655. The van der Waals surface area contributed by atoms with E-state index in [0.717, 1.165) is 4.90 Å². The predicted molar refractivity (Wildman–Crippen MR) is 125 cm³/mol. The Morgan fingerprint density at radius 2 is 1.22 bits per heavy atom. The molecule has 4 nitrogen and oxygen atoms in total. The Bertz CT molecular complexity index is 1330. The van der Waals surface area contributed by atoms with E-state index in [1.54, 1.807) is 60.7 Å². The number of nitrogens with zero attached hydrogens (tertiary/aromatic N) is 1. The number of rotatable bonds is 4. The molecule has 2 aliphatic heterocycles. The van der Waals surface area contributed by atoms with Gasteiger partial charge in [-0.3, -0.25) is 9.59 Å². The van der Waals surface area contributed by atoms with Crippen LogP contribution in [0.5, 0.6) is 0 Å². The third-order valence-corrected chi connectivity index (χ3v) is 8.15. The molecule has 0 radical (unpaired) electrons. The largest absolute Gasteiger partial charge is 0.333 e. The van der Waals surface area contributed by atoms with Crippen LogP contribution in [-0.4, -0.2) is 29.1 Å². The van der Waals surface area contributed by atoms with Crippen molar-refractivity contribution < 1.29 is 18.3 Å². The van der Waals surface area contributed by atoms with Gasteiger partial charge in [-0.05, 0) is 35.4 Å². The number of benzene rings is 3. The van der Waals surface area contributed by atoms with E-state index in [2.05, 4.69) is 0 Å². The third kappa shape index (κ3) is 3.10. The fourth-order valence-corrected chi connectivity index (χ4v) is 6.30. The van der Waals surface area contributed by atoms with Crippen molar-refractivity contribution in [2.45, 2.75) is 0 Å². The molecule has 6 heteroatoms. The number of halogens is 1. The molecule has 0 aliphatic carbocycles. The molecule has 2 amide bonds. The van der Waals surface area contributed by atoms with Crippen LogP contribution in [0.2, 0.25) is 0 Å². The maximum absolute atomic E-state index is 16.7. The van der Waals surface area contributed by atoms with Crippen LogP contribution in [0.25, 0.3) is 5.31 Å². The first-order valence-corrected chi connectivity index (χ1v) is 11.7. The molecule has 0 bridgehead atoms. The Balaban J connectivity index is 1.77. The number of carbonyl (C=O) groups excluding carboxylic acids is 2. The summed E-state index contributed by atoms with van der Waals surface area (Å²) in [6, 6.07) is 24.9. The highest BCUT2D eigenvalue weighted by molar-refractivity contribution is 7.77. The van der Waals surface area contributed by atoms with Crippen LogP contribution in [0.15, 0.2) is 103 Å². The summed E-state index contributed by atoms with van der Waals surface area (Å²) in [7, 11) is -2.39. The summed E-state index contributed by atoms with van der Waals surface area (Å²) in [5.41, 5.74) is 2.28. The monoisotopic (exact) mass is 443 g/mol. The molecular formula is C26H19FNO3P. The van der Waals surface area contributed by atoms with Crippen molar-refractivity contribution >= 4 is 29.8 Å². The zero-order valence-electron chi connectivity index (χ0n) is 17.2. The van der Waals surface area contributed by atoms with Crippen LogP contribution in [-0.2, 0) is 4.52 Å². The molecule has 2 heterocycles. The number of imide groups is 1. The van der Waals surface area contributed by atoms with Gasteiger partial charge in [0.2, 0.25) is 7.42 Å². The van der Waals surface area contributed by atoms with Gasteiger partial charge in [0.25, 0.3) is 11.8 Å². The van der Waals surface area contributed by atoms with E-state index in [4.69, 9.17) is 4.52 Å². The Morgan fingerprint density at radius 1 is 0.719 bits per heavy atom. The van der Waals surface area contributed by atoms with Crippen LogP contribution in [0.1, 0.15) is 31.8 Å². The molecule has 0 N–H and O–H groups in total. The number of fused-ring (bicyclic) bond motifs is 1. The minimum atomic E-state index is -3.75. The third-order valence-electron chi connectivity index (χ3n) is 5.63. The maximum atomic E-state index is 16.7. The van der Waals surface area contributed by atoms with E-state index >= 15 is 4.20 Å². The van der Waals surface area contributed by atoms with Gasteiger partial charge in [-0.15, -0.1) is 0 Å². The second kappa shape index (κ2) is 7.86. The lowest BCUT2D eigenvalue weighted by Crippen LogP contribution is -2.30. The Labute approximate surface area is 185 Å².